The summed E-state index contributed by atoms with van der Waals surface area (Å²) in [5, 5.41) is 2.70. The third-order valence-electron chi connectivity index (χ3n) is 3.02. The van der Waals surface area contributed by atoms with Gasteiger partial charge in [-0.05, 0) is 24.3 Å². The Hall–Kier alpha value is -2.96. The van der Waals surface area contributed by atoms with Crippen molar-refractivity contribution in [2.45, 2.75) is 6.61 Å². The molecule has 1 heterocycles. The van der Waals surface area contributed by atoms with Crippen molar-refractivity contribution in [1.29, 1.82) is 0 Å². The highest BCUT2D eigenvalue weighted by Crippen LogP contribution is 2.22. The number of benzene rings is 1. The summed E-state index contributed by atoms with van der Waals surface area (Å²) in [6.45, 7) is -2.92. The van der Waals surface area contributed by atoms with Crippen molar-refractivity contribution in [3.05, 3.63) is 54.2 Å². The molecule has 0 atom stereocenters. The molecule has 1 amide bonds. The molecule has 7 heteroatoms. The fraction of sp³-hybridized carbons (Fsp3) is 0.176. The number of amides is 1. The van der Waals surface area contributed by atoms with Crippen molar-refractivity contribution >= 4 is 23.5 Å². The van der Waals surface area contributed by atoms with Crippen LogP contribution < -0.4 is 15.0 Å². The van der Waals surface area contributed by atoms with E-state index in [4.69, 9.17) is 0 Å². The number of carbonyl (C=O) groups excluding carboxylic acids is 1. The number of aromatic nitrogens is 1. The summed E-state index contributed by atoms with van der Waals surface area (Å²) < 4.78 is 29.2. The molecule has 0 unspecified atom stereocenters. The van der Waals surface area contributed by atoms with Crippen molar-refractivity contribution in [3.63, 3.8) is 0 Å². The predicted molar refractivity (Wildman–Crippen MR) is 89.3 cm³/mol. The van der Waals surface area contributed by atoms with E-state index in [1.54, 1.807) is 41.4 Å². The van der Waals surface area contributed by atoms with Gasteiger partial charge in [0.15, 0.2) is 5.82 Å². The predicted octanol–water partition coefficient (Wildman–Crippen LogP) is 3.40. The Balaban J connectivity index is 2.12. The summed E-state index contributed by atoms with van der Waals surface area (Å²) in [5.41, 5.74) is 0.932. The number of pyridine rings is 1. The molecule has 0 spiro atoms. The maximum absolute atomic E-state index is 12.4. The zero-order valence-electron chi connectivity index (χ0n) is 13.2. The van der Waals surface area contributed by atoms with E-state index in [-0.39, 0.29) is 5.75 Å². The Bertz CT molecular complexity index is 733. The van der Waals surface area contributed by atoms with Crippen molar-refractivity contribution in [1.82, 2.24) is 4.98 Å². The average Bonchev–Trinajstić information content (AvgIpc) is 2.54. The smallest absolute Gasteiger partial charge is 0.387 e. The van der Waals surface area contributed by atoms with Crippen LogP contribution in [0.4, 0.5) is 20.3 Å². The maximum atomic E-state index is 12.4. The highest BCUT2D eigenvalue weighted by atomic mass is 19.3. The highest BCUT2D eigenvalue weighted by Gasteiger charge is 2.09. The van der Waals surface area contributed by atoms with Gasteiger partial charge in [0, 0.05) is 31.9 Å². The summed E-state index contributed by atoms with van der Waals surface area (Å²) >= 11 is 0. The van der Waals surface area contributed by atoms with Crippen LogP contribution in [0.1, 0.15) is 5.56 Å². The van der Waals surface area contributed by atoms with Crippen molar-refractivity contribution < 1.29 is 18.3 Å². The molecule has 2 aromatic rings. The molecule has 1 aromatic heterocycles. The van der Waals surface area contributed by atoms with Gasteiger partial charge in [-0.2, -0.15) is 8.78 Å². The Morgan fingerprint density at radius 3 is 2.71 bits per heavy atom. The molecule has 24 heavy (non-hydrogen) atoms. The van der Waals surface area contributed by atoms with Gasteiger partial charge in [-0.15, -0.1) is 0 Å². The van der Waals surface area contributed by atoms with Gasteiger partial charge >= 0.3 is 6.61 Å². The minimum absolute atomic E-state index is 0.00640. The number of carbonyl (C=O) groups is 1. The fourth-order valence-corrected chi connectivity index (χ4v) is 2.01. The van der Waals surface area contributed by atoms with Gasteiger partial charge < -0.3 is 15.0 Å². The molecule has 0 saturated carbocycles. The van der Waals surface area contributed by atoms with E-state index in [0.717, 1.165) is 0 Å². The van der Waals surface area contributed by atoms with Crippen LogP contribution in [0.15, 0.2) is 48.7 Å². The largest absolute Gasteiger partial charge is 0.434 e. The van der Waals surface area contributed by atoms with Crippen LogP contribution in [0, 0.1) is 0 Å². The molecule has 0 aliphatic rings. The molecule has 0 bridgehead atoms. The zero-order valence-corrected chi connectivity index (χ0v) is 13.2. The third kappa shape index (κ3) is 4.77. The van der Waals surface area contributed by atoms with E-state index < -0.39 is 12.5 Å². The molecule has 0 radical (unpaired) electrons. The minimum atomic E-state index is -2.92. The first kappa shape index (κ1) is 17.4. The lowest BCUT2D eigenvalue weighted by molar-refractivity contribution is -0.111. The lowest BCUT2D eigenvalue weighted by Crippen LogP contribution is -2.16. The van der Waals surface area contributed by atoms with Crippen LogP contribution in [0.25, 0.3) is 6.08 Å². The van der Waals surface area contributed by atoms with Gasteiger partial charge in [-0.3, -0.25) is 4.79 Å². The fourth-order valence-electron chi connectivity index (χ4n) is 2.01. The average molecular weight is 333 g/mol. The molecule has 0 fully saturated rings. The molecular formula is C17H17F2N3O2. The van der Waals surface area contributed by atoms with Gasteiger partial charge in [-0.25, -0.2) is 4.98 Å². The second-order valence-electron chi connectivity index (χ2n) is 5.01. The molecular weight excluding hydrogens is 316 g/mol. The topological polar surface area (TPSA) is 54.5 Å². The Labute approximate surface area is 138 Å². The number of alkyl halides is 2. The number of nitrogens with zero attached hydrogens (tertiary/aromatic N) is 2. The molecule has 2 rings (SSSR count). The van der Waals surface area contributed by atoms with E-state index >= 15 is 0 Å². The van der Waals surface area contributed by atoms with Crippen LogP contribution in [-0.4, -0.2) is 31.6 Å². The van der Waals surface area contributed by atoms with E-state index in [0.29, 0.717) is 17.1 Å². The molecule has 5 nitrogen and oxygen atoms in total. The number of para-hydroxylation sites is 1. The molecule has 1 aromatic carbocycles. The van der Waals surface area contributed by atoms with Crippen molar-refractivity contribution in [3.8, 4) is 5.75 Å². The molecule has 0 saturated heterocycles. The number of rotatable bonds is 6. The summed E-state index contributed by atoms with van der Waals surface area (Å²) in [7, 11) is 3.62. The lowest BCUT2D eigenvalue weighted by Gasteiger charge is -2.15. The highest BCUT2D eigenvalue weighted by molar-refractivity contribution is 6.03. The van der Waals surface area contributed by atoms with Crippen LogP contribution in [-0.2, 0) is 4.79 Å². The monoisotopic (exact) mass is 333 g/mol. The zero-order chi connectivity index (χ0) is 17.5. The molecule has 0 aliphatic heterocycles. The normalized spacial score (nSPS) is 10.9. The van der Waals surface area contributed by atoms with Gasteiger partial charge in [0.25, 0.3) is 0 Å². The number of ether oxygens (including phenoxy) is 1. The van der Waals surface area contributed by atoms with E-state index in [1.165, 1.54) is 18.2 Å². The van der Waals surface area contributed by atoms with Crippen molar-refractivity contribution in [2.75, 3.05) is 24.3 Å². The summed E-state index contributed by atoms with van der Waals surface area (Å²) in [6.07, 6.45) is 4.29. The van der Waals surface area contributed by atoms with Gasteiger partial charge in [-0.1, -0.05) is 18.2 Å². The first-order valence-corrected chi connectivity index (χ1v) is 7.12. The molecule has 0 aliphatic carbocycles. The first-order chi connectivity index (χ1) is 11.5. The van der Waals surface area contributed by atoms with Crippen LogP contribution in [0.3, 0.4) is 0 Å². The van der Waals surface area contributed by atoms with E-state index in [9.17, 15) is 13.6 Å². The van der Waals surface area contributed by atoms with Crippen LogP contribution in [0.5, 0.6) is 5.75 Å². The van der Waals surface area contributed by atoms with Gasteiger partial charge in [0.2, 0.25) is 5.91 Å². The lowest BCUT2D eigenvalue weighted by atomic mass is 10.2. The van der Waals surface area contributed by atoms with E-state index in [2.05, 4.69) is 15.0 Å². The standard InChI is InChI=1S/C17H17F2N3O2/c1-22(2)16-13(7-5-11-20-16)21-15(23)10-9-12-6-3-4-8-14(12)24-17(18)19/h3-11,17H,1-2H3,(H,21,23)/b10-9+. The Morgan fingerprint density at radius 2 is 2.00 bits per heavy atom. The van der Waals surface area contributed by atoms with Crippen LogP contribution in [0.2, 0.25) is 0 Å². The first-order valence-electron chi connectivity index (χ1n) is 7.12. The molecule has 126 valence electrons. The Morgan fingerprint density at radius 1 is 1.25 bits per heavy atom. The summed E-state index contributed by atoms with van der Waals surface area (Å²) in [6, 6.07) is 9.67. The van der Waals surface area contributed by atoms with Gasteiger partial charge in [0.1, 0.15) is 5.75 Å². The summed E-state index contributed by atoms with van der Waals surface area (Å²) in [5.74, 6) is 0.213. The number of halogens is 2. The minimum Gasteiger partial charge on any atom is -0.434 e. The number of hydrogen-bond acceptors (Lipinski definition) is 4. The van der Waals surface area contributed by atoms with Crippen LogP contribution >= 0.6 is 0 Å². The second-order valence-corrected chi connectivity index (χ2v) is 5.01. The Kier molecular flexibility index (Phi) is 5.83. The second kappa shape index (κ2) is 8.05. The quantitative estimate of drug-likeness (QED) is 0.823. The van der Waals surface area contributed by atoms with E-state index in [1.807, 2.05) is 14.1 Å². The van der Waals surface area contributed by atoms with Gasteiger partial charge in [0.05, 0.1) is 5.69 Å². The molecule has 1 N–H and O–H groups in total. The number of anilines is 2. The summed E-state index contributed by atoms with van der Waals surface area (Å²) in [4.78, 5) is 18.0. The third-order valence-corrected chi connectivity index (χ3v) is 3.02. The number of hydrogen-bond donors (Lipinski definition) is 1. The number of nitrogens with one attached hydrogen (secondary N) is 1. The SMILES string of the molecule is CN(C)c1ncccc1NC(=O)/C=C/c1ccccc1OC(F)F. The maximum Gasteiger partial charge on any atom is 0.387 e. The van der Waals surface area contributed by atoms with Crippen molar-refractivity contribution in [2.24, 2.45) is 0 Å².